The van der Waals surface area contributed by atoms with Crippen molar-refractivity contribution in [3.05, 3.63) is 83.7 Å². The number of rotatable bonds is 13. The molecule has 2 unspecified atom stereocenters. The number of carbonyl (C=O) groups is 1. The normalized spacial score (nSPS) is 14.4. The van der Waals surface area contributed by atoms with Crippen molar-refractivity contribution in [2.75, 3.05) is 0 Å². The van der Waals surface area contributed by atoms with Crippen LogP contribution in [0.3, 0.4) is 0 Å². The van der Waals surface area contributed by atoms with E-state index in [1.165, 1.54) is 16.5 Å². The Kier molecular flexibility index (Phi) is 8.59. The molecule has 8 nitrogen and oxygen atoms in total. The Morgan fingerprint density at radius 1 is 0.976 bits per heavy atom. The molecule has 0 aliphatic heterocycles. The molecule has 5 aromatic rings. The van der Waals surface area contributed by atoms with Gasteiger partial charge in [0, 0.05) is 46.5 Å². The number of carbonyl (C=O) groups excluding carboxylic acids is 1. The molecule has 0 radical (unpaired) electrons. The lowest BCUT2D eigenvalue weighted by atomic mass is 9.85. The number of aryl methyl sites for hydroxylation is 1. The molecule has 5 rings (SSSR count). The number of amides is 1. The Hall–Kier alpha value is -3.91. The molecule has 3 aromatic heterocycles. The van der Waals surface area contributed by atoms with Crippen LogP contribution in [0, 0.1) is 5.92 Å². The predicted octanol–water partition coefficient (Wildman–Crippen LogP) is 6.45. The fraction of sp³-hybridized carbons (Fsp3) is 0.424. The molecule has 0 aliphatic carbocycles. The predicted molar refractivity (Wildman–Crippen MR) is 166 cm³/mol. The number of aromatic amines is 3. The van der Waals surface area contributed by atoms with Crippen LogP contribution in [-0.4, -0.2) is 36.6 Å². The first kappa shape index (κ1) is 28.6. The summed E-state index contributed by atoms with van der Waals surface area (Å²) in [6.45, 7) is 7.95. The van der Waals surface area contributed by atoms with Crippen molar-refractivity contribution in [2.45, 2.75) is 83.7 Å². The van der Waals surface area contributed by atoms with Crippen LogP contribution in [0.25, 0.3) is 21.8 Å². The molecule has 0 bridgehead atoms. The fourth-order valence-electron chi connectivity index (χ4n) is 5.82. The van der Waals surface area contributed by atoms with E-state index < -0.39 is 5.54 Å². The lowest BCUT2D eigenvalue weighted by Gasteiger charge is -2.23. The number of hydrogen-bond acceptors (Lipinski definition) is 4. The van der Waals surface area contributed by atoms with E-state index in [1.54, 1.807) is 13.8 Å². The van der Waals surface area contributed by atoms with Crippen molar-refractivity contribution in [3.63, 3.8) is 0 Å². The zero-order valence-corrected chi connectivity index (χ0v) is 24.6. The maximum Gasteiger partial charge on any atom is 0.240 e. The molecule has 0 fully saturated rings. The quantitative estimate of drug-likeness (QED) is 0.115. The van der Waals surface area contributed by atoms with Crippen molar-refractivity contribution < 1.29 is 4.79 Å². The van der Waals surface area contributed by atoms with Crippen LogP contribution >= 0.6 is 0 Å². The largest absolute Gasteiger partial charge is 0.361 e. The van der Waals surface area contributed by atoms with Gasteiger partial charge in [0.05, 0.1) is 11.6 Å². The van der Waals surface area contributed by atoms with E-state index in [1.807, 2.05) is 18.3 Å². The third-order valence-corrected chi connectivity index (χ3v) is 8.24. The lowest BCUT2D eigenvalue weighted by Crippen LogP contribution is -2.50. The molecule has 0 spiro atoms. The SMILES string of the molecule is CCCC(c1n[nH]c([C@@H](Cc2c[nH]c3ccccc23)NC(=O)C(C)(C)N)n1)C(C)CCCc1c[nH]c2ccccc12. The van der Waals surface area contributed by atoms with Crippen LogP contribution in [0.5, 0.6) is 0 Å². The van der Waals surface area contributed by atoms with Crippen LogP contribution in [-0.2, 0) is 17.6 Å². The van der Waals surface area contributed by atoms with E-state index in [9.17, 15) is 4.79 Å². The highest BCUT2D eigenvalue weighted by Gasteiger charge is 2.29. The number of H-pyrrole nitrogens is 3. The average Bonchev–Trinajstić information content (AvgIpc) is 3.70. The first-order valence-corrected chi connectivity index (χ1v) is 14.9. The maximum absolute atomic E-state index is 13.0. The van der Waals surface area contributed by atoms with Crippen molar-refractivity contribution in [2.24, 2.45) is 11.7 Å². The Morgan fingerprint density at radius 2 is 1.61 bits per heavy atom. The minimum absolute atomic E-state index is 0.226. The van der Waals surface area contributed by atoms with Gasteiger partial charge in [-0.05, 0) is 68.7 Å². The van der Waals surface area contributed by atoms with Crippen LogP contribution in [0.15, 0.2) is 60.9 Å². The lowest BCUT2D eigenvalue weighted by molar-refractivity contribution is -0.126. The van der Waals surface area contributed by atoms with Gasteiger partial charge in [0.1, 0.15) is 5.82 Å². The number of aromatic nitrogens is 5. The van der Waals surface area contributed by atoms with E-state index in [2.05, 4.69) is 76.8 Å². The maximum atomic E-state index is 13.0. The molecule has 6 N–H and O–H groups in total. The first-order valence-electron chi connectivity index (χ1n) is 14.9. The van der Waals surface area contributed by atoms with Crippen LogP contribution in [0.2, 0.25) is 0 Å². The number of benzene rings is 2. The second-order valence-corrected chi connectivity index (χ2v) is 12.0. The number of nitrogens with two attached hydrogens (primary N) is 1. The molecule has 0 saturated heterocycles. The minimum Gasteiger partial charge on any atom is -0.361 e. The van der Waals surface area contributed by atoms with Gasteiger partial charge in [0.25, 0.3) is 0 Å². The highest BCUT2D eigenvalue weighted by atomic mass is 16.2. The van der Waals surface area contributed by atoms with Gasteiger partial charge in [-0.1, -0.05) is 56.7 Å². The van der Waals surface area contributed by atoms with Gasteiger partial charge in [0.2, 0.25) is 5.91 Å². The number of nitrogens with one attached hydrogen (secondary N) is 4. The smallest absolute Gasteiger partial charge is 0.240 e. The summed E-state index contributed by atoms with van der Waals surface area (Å²) >= 11 is 0. The molecular formula is C33H43N7O. The summed E-state index contributed by atoms with van der Waals surface area (Å²) in [7, 11) is 0. The van der Waals surface area contributed by atoms with Crippen LogP contribution < -0.4 is 11.1 Å². The minimum atomic E-state index is -1.01. The number of hydrogen-bond donors (Lipinski definition) is 5. The van der Waals surface area contributed by atoms with Crippen molar-refractivity contribution >= 4 is 27.7 Å². The van der Waals surface area contributed by atoms with Gasteiger partial charge in [-0.15, -0.1) is 0 Å². The van der Waals surface area contributed by atoms with E-state index in [4.69, 9.17) is 15.8 Å². The second-order valence-electron chi connectivity index (χ2n) is 12.0. The van der Waals surface area contributed by atoms with Gasteiger partial charge in [-0.3, -0.25) is 9.89 Å². The molecule has 3 atom stereocenters. The Balaban J connectivity index is 1.32. The Labute approximate surface area is 241 Å². The van der Waals surface area contributed by atoms with Gasteiger partial charge < -0.3 is 21.0 Å². The van der Waals surface area contributed by atoms with Gasteiger partial charge >= 0.3 is 0 Å². The van der Waals surface area contributed by atoms with Crippen LogP contribution in [0.4, 0.5) is 0 Å². The van der Waals surface area contributed by atoms with Gasteiger partial charge in [-0.25, -0.2) is 4.98 Å². The molecule has 0 saturated carbocycles. The number of nitrogens with zero attached hydrogens (tertiary/aromatic N) is 2. The summed E-state index contributed by atoms with van der Waals surface area (Å²) in [5.74, 6) is 1.93. The van der Waals surface area contributed by atoms with E-state index in [0.29, 0.717) is 18.2 Å². The summed E-state index contributed by atoms with van der Waals surface area (Å²) in [6.07, 6.45) is 10.0. The monoisotopic (exact) mass is 553 g/mol. The topological polar surface area (TPSA) is 128 Å². The first-order chi connectivity index (χ1) is 19.7. The highest BCUT2D eigenvalue weighted by Crippen LogP contribution is 2.32. The summed E-state index contributed by atoms with van der Waals surface area (Å²) in [5.41, 5.74) is 9.88. The van der Waals surface area contributed by atoms with E-state index in [-0.39, 0.29) is 17.9 Å². The zero-order chi connectivity index (χ0) is 29.0. The Bertz CT molecular complexity index is 1590. The standard InChI is InChI=1S/C33H43N7O/c1-5-11-24(21(2)12-10-13-22-19-35-27-16-8-6-14-25(22)27)30-38-31(40-39-30)29(37-32(41)33(3,4)34)18-23-20-36-28-17-9-7-15-26(23)28/h6-9,14-17,19-21,24,29,35-36H,5,10-13,18,34H2,1-4H3,(H,37,41)(H,38,39,40)/t21?,24?,29-/m1/s1. The summed E-state index contributed by atoms with van der Waals surface area (Å²) in [6, 6.07) is 16.3. The Morgan fingerprint density at radius 3 is 2.27 bits per heavy atom. The third-order valence-electron chi connectivity index (χ3n) is 8.24. The van der Waals surface area contributed by atoms with Crippen molar-refractivity contribution in [3.8, 4) is 0 Å². The molecule has 8 heteroatoms. The molecule has 2 aromatic carbocycles. The highest BCUT2D eigenvalue weighted by molar-refractivity contribution is 5.86. The van der Waals surface area contributed by atoms with Crippen molar-refractivity contribution in [1.82, 2.24) is 30.5 Å². The molecule has 41 heavy (non-hydrogen) atoms. The fourth-order valence-corrected chi connectivity index (χ4v) is 5.82. The molecular weight excluding hydrogens is 510 g/mol. The van der Waals surface area contributed by atoms with Crippen molar-refractivity contribution in [1.29, 1.82) is 0 Å². The molecule has 216 valence electrons. The summed E-state index contributed by atoms with van der Waals surface area (Å²) < 4.78 is 0. The second kappa shape index (κ2) is 12.3. The molecule has 1 amide bonds. The van der Waals surface area contributed by atoms with Crippen LogP contribution in [0.1, 0.15) is 88.1 Å². The van der Waals surface area contributed by atoms with Gasteiger partial charge in [0.15, 0.2) is 5.82 Å². The average molecular weight is 554 g/mol. The van der Waals surface area contributed by atoms with E-state index in [0.717, 1.165) is 54.4 Å². The van der Waals surface area contributed by atoms with E-state index >= 15 is 0 Å². The molecule has 0 aliphatic rings. The molecule has 3 heterocycles. The van der Waals surface area contributed by atoms with Gasteiger partial charge in [-0.2, -0.15) is 5.10 Å². The summed E-state index contributed by atoms with van der Waals surface area (Å²) in [4.78, 5) is 24.7. The zero-order valence-electron chi connectivity index (χ0n) is 24.6. The number of fused-ring (bicyclic) bond motifs is 2. The summed E-state index contributed by atoms with van der Waals surface area (Å²) in [5, 5.41) is 13.5. The number of para-hydroxylation sites is 2. The third kappa shape index (κ3) is 6.54.